The molecule has 1 aromatic carbocycles. The van der Waals surface area contributed by atoms with E-state index in [1.165, 1.54) is 17.4 Å². The number of carbonyl (C=O) groups is 1. The van der Waals surface area contributed by atoms with Gasteiger partial charge in [-0.1, -0.05) is 25.2 Å². The number of benzene rings is 1. The quantitative estimate of drug-likeness (QED) is 0.803. The van der Waals surface area contributed by atoms with Gasteiger partial charge in [0.05, 0.1) is 7.11 Å². The van der Waals surface area contributed by atoms with Gasteiger partial charge in [-0.25, -0.2) is 0 Å². The monoisotopic (exact) mass is 345 g/mol. The van der Waals surface area contributed by atoms with E-state index >= 15 is 0 Å². The smallest absolute Gasteiger partial charge is 0.250 e. The van der Waals surface area contributed by atoms with Crippen LogP contribution in [0.3, 0.4) is 0 Å². The van der Waals surface area contributed by atoms with Gasteiger partial charge in [0.2, 0.25) is 11.0 Å². The van der Waals surface area contributed by atoms with Crippen LogP contribution in [-0.2, 0) is 11.2 Å². The molecule has 1 aromatic heterocycles. The molecule has 5 nitrogen and oxygen atoms in total. The van der Waals surface area contributed by atoms with Gasteiger partial charge < -0.3 is 4.74 Å². The highest BCUT2D eigenvalue weighted by Crippen LogP contribution is 2.23. The lowest BCUT2D eigenvalue weighted by Crippen LogP contribution is -2.07. The van der Waals surface area contributed by atoms with Crippen LogP contribution in [0.5, 0.6) is 5.75 Å². The highest BCUT2D eigenvalue weighted by atomic mass is 32.1. The number of ether oxygens (including phenoxy) is 1. The maximum absolute atomic E-state index is 12.1. The molecule has 2 rings (SSSR count). The topological polar surface area (TPSA) is 64.1 Å². The van der Waals surface area contributed by atoms with Gasteiger partial charge in [0, 0.05) is 12.5 Å². The van der Waals surface area contributed by atoms with Crippen LogP contribution in [0.4, 0.5) is 5.13 Å². The molecule has 1 heterocycles. The Labute approximate surface area is 146 Å². The lowest BCUT2D eigenvalue weighted by molar-refractivity contribution is -0.111. The third-order valence-corrected chi connectivity index (χ3v) is 4.35. The van der Waals surface area contributed by atoms with E-state index in [1.807, 2.05) is 32.1 Å². The molecule has 24 heavy (non-hydrogen) atoms. The summed E-state index contributed by atoms with van der Waals surface area (Å²) in [7, 11) is 1.65. The number of rotatable bonds is 6. The van der Waals surface area contributed by atoms with E-state index in [2.05, 4.69) is 29.4 Å². The summed E-state index contributed by atoms with van der Waals surface area (Å²) in [4.78, 5) is 12.1. The standard InChI is InChI=1S/C18H23N3O2S/c1-11(2)8-17-20-21-18(24-17)19-16(22)7-6-15-12(3)9-14(23-5)10-13(15)4/h6-7,9-11H,8H2,1-5H3,(H,19,21,22)/b7-6+. The van der Waals surface area contributed by atoms with Crippen LogP contribution >= 0.6 is 11.3 Å². The zero-order chi connectivity index (χ0) is 17.7. The number of nitrogens with zero attached hydrogens (tertiary/aromatic N) is 2. The van der Waals surface area contributed by atoms with Crippen molar-refractivity contribution in [3.05, 3.63) is 39.9 Å². The first-order chi connectivity index (χ1) is 11.4. The van der Waals surface area contributed by atoms with Crippen molar-refractivity contribution in [2.75, 3.05) is 12.4 Å². The Morgan fingerprint density at radius 2 is 1.96 bits per heavy atom. The Bertz CT molecular complexity index is 727. The largest absolute Gasteiger partial charge is 0.497 e. The Balaban J connectivity index is 2.04. The van der Waals surface area contributed by atoms with Crippen LogP contribution < -0.4 is 10.1 Å². The third kappa shape index (κ3) is 4.89. The number of hydrogen-bond acceptors (Lipinski definition) is 5. The molecule has 0 radical (unpaired) electrons. The van der Waals surface area contributed by atoms with E-state index in [4.69, 9.17) is 4.74 Å². The lowest BCUT2D eigenvalue weighted by atomic mass is 10.0. The number of nitrogens with one attached hydrogen (secondary N) is 1. The molecule has 0 aliphatic heterocycles. The first-order valence-electron chi connectivity index (χ1n) is 7.85. The summed E-state index contributed by atoms with van der Waals surface area (Å²) < 4.78 is 5.25. The fraction of sp³-hybridized carbons (Fsp3) is 0.389. The number of hydrogen-bond donors (Lipinski definition) is 1. The van der Waals surface area contributed by atoms with Crippen molar-refractivity contribution in [3.63, 3.8) is 0 Å². The highest BCUT2D eigenvalue weighted by molar-refractivity contribution is 7.15. The van der Waals surface area contributed by atoms with Gasteiger partial charge in [0.25, 0.3) is 0 Å². The number of carbonyl (C=O) groups excluding carboxylic acids is 1. The molecular formula is C18H23N3O2S. The molecule has 0 aliphatic carbocycles. The van der Waals surface area contributed by atoms with Gasteiger partial charge in [-0.3, -0.25) is 10.1 Å². The van der Waals surface area contributed by atoms with Crippen molar-refractivity contribution in [3.8, 4) is 5.75 Å². The summed E-state index contributed by atoms with van der Waals surface area (Å²) in [6.45, 7) is 8.25. The van der Waals surface area contributed by atoms with Gasteiger partial charge in [0.15, 0.2) is 0 Å². The third-order valence-electron chi connectivity index (χ3n) is 3.48. The number of anilines is 1. The molecule has 128 valence electrons. The first-order valence-corrected chi connectivity index (χ1v) is 8.67. The number of amides is 1. The van der Waals surface area contributed by atoms with Gasteiger partial charge in [-0.15, -0.1) is 10.2 Å². The maximum atomic E-state index is 12.1. The average molecular weight is 345 g/mol. The second kappa shape index (κ2) is 8.06. The molecule has 0 saturated carbocycles. The molecule has 0 fully saturated rings. The van der Waals surface area contributed by atoms with Gasteiger partial charge in [-0.2, -0.15) is 0 Å². The summed E-state index contributed by atoms with van der Waals surface area (Å²) in [5.74, 6) is 1.12. The van der Waals surface area contributed by atoms with E-state index in [1.54, 1.807) is 7.11 Å². The van der Waals surface area contributed by atoms with Crippen LogP contribution in [-0.4, -0.2) is 23.2 Å². The van der Waals surface area contributed by atoms with E-state index < -0.39 is 0 Å². The summed E-state index contributed by atoms with van der Waals surface area (Å²) >= 11 is 1.42. The zero-order valence-corrected chi connectivity index (χ0v) is 15.5. The number of aromatic nitrogens is 2. The predicted octanol–water partition coefficient (Wildman–Crippen LogP) is 4.01. The summed E-state index contributed by atoms with van der Waals surface area (Å²) in [5.41, 5.74) is 3.14. The van der Waals surface area contributed by atoms with Gasteiger partial charge >= 0.3 is 0 Å². The van der Waals surface area contributed by atoms with Gasteiger partial charge in [-0.05, 0) is 54.7 Å². The molecule has 0 aliphatic rings. The summed E-state index contributed by atoms with van der Waals surface area (Å²) in [5, 5.41) is 12.3. The fourth-order valence-corrected chi connectivity index (χ4v) is 3.31. The molecule has 0 atom stereocenters. The van der Waals surface area contributed by atoms with Crippen LogP contribution in [0.2, 0.25) is 0 Å². The molecule has 0 spiro atoms. The van der Waals surface area contributed by atoms with E-state index in [9.17, 15) is 4.79 Å². The Hall–Kier alpha value is -2.21. The minimum atomic E-state index is -0.211. The fourth-order valence-electron chi connectivity index (χ4n) is 2.36. The summed E-state index contributed by atoms with van der Waals surface area (Å²) in [6, 6.07) is 3.90. The van der Waals surface area contributed by atoms with E-state index in [0.29, 0.717) is 11.0 Å². The SMILES string of the molecule is COc1cc(C)c(/C=C/C(=O)Nc2nnc(CC(C)C)s2)c(C)c1. The molecule has 0 bridgehead atoms. The predicted molar refractivity (Wildman–Crippen MR) is 98.6 cm³/mol. The second-order valence-electron chi connectivity index (χ2n) is 6.10. The number of aryl methyl sites for hydroxylation is 2. The van der Waals surface area contributed by atoms with Crippen molar-refractivity contribution in [2.24, 2.45) is 5.92 Å². The summed E-state index contributed by atoms with van der Waals surface area (Å²) in [6.07, 6.45) is 4.20. The van der Waals surface area contributed by atoms with E-state index in [-0.39, 0.29) is 5.91 Å². The molecule has 2 aromatic rings. The van der Waals surface area contributed by atoms with Crippen molar-refractivity contribution >= 4 is 28.5 Å². The van der Waals surface area contributed by atoms with Crippen molar-refractivity contribution in [1.29, 1.82) is 0 Å². The lowest BCUT2D eigenvalue weighted by Gasteiger charge is -2.08. The highest BCUT2D eigenvalue weighted by Gasteiger charge is 2.08. The van der Waals surface area contributed by atoms with Crippen molar-refractivity contribution in [2.45, 2.75) is 34.1 Å². The van der Waals surface area contributed by atoms with Crippen LogP contribution in [0.25, 0.3) is 6.08 Å². The number of methoxy groups -OCH3 is 1. The van der Waals surface area contributed by atoms with E-state index in [0.717, 1.165) is 33.9 Å². The Morgan fingerprint density at radius 1 is 1.29 bits per heavy atom. The van der Waals surface area contributed by atoms with Crippen LogP contribution in [0.1, 0.15) is 35.5 Å². The normalized spacial score (nSPS) is 11.2. The minimum Gasteiger partial charge on any atom is -0.497 e. The average Bonchev–Trinajstić information content (AvgIpc) is 2.92. The maximum Gasteiger partial charge on any atom is 0.250 e. The molecular weight excluding hydrogens is 322 g/mol. The molecule has 1 N–H and O–H groups in total. The minimum absolute atomic E-state index is 0.211. The second-order valence-corrected chi connectivity index (χ2v) is 7.16. The Kier molecular flexibility index (Phi) is 6.09. The van der Waals surface area contributed by atoms with Crippen molar-refractivity contribution in [1.82, 2.24) is 10.2 Å². The first kappa shape index (κ1) is 18.1. The Morgan fingerprint density at radius 3 is 2.54 bits per heavy atom. The van der Waals surface area contributed by atoms with Gasteiger partial charge in [0.1, 0.15) is 10.8 Å². The molecule has 1 amide bonds. The zero-order valence-electron chi connectivity index (χ0n) is 14.7. The molecule has 0 saturated heterocycles. The molecule has 6 heteroatoms. The molecule has 0 unspecified atom stereocenters. The van der Waals surface area contributed by atoms with Crippen LogP contribution in [0, 0.1) is 19.8 Å². The van der Waals surface area contributed by atoms with Crippen molar-refractivity contribution < 1.29 is 9.53 Å². The van der Waals surface area contributed by atoms with Crippen LogP contribution in [0.15, 0.2) is 18.2 Å².